The van der Waals surface area contributed by atoms with E-state index in [0.29, 0.717) is 10.8 Å². The number of halogens is 2. The molecule has 0 aliphatic carbocycles. The Hall–Kier alpha value is -0.880. The van der Waals surface area contributed by atoms with Gasteiger partial charge in [0.2, 0.25) is 0 Å². The van der Waals surface area contributed by atoms with Gasteiger partial charge < -0.3 is 21.3 Å². The zero-order valence-corrected chi connectivity index (χ0v) is 22.7. The van der Waals surface area contributed by atoms with E-state index in [1.165, 1.54) is 64.2 Å². The molecule has 8 heteroatoms. The van der Waals surface area contributed by atoms with Gasteiger partial charge in [-0.25, -0.2) is 0 Å². The van der Waals surface area contributed by atoms with Crippen LogP contribution in [0, 0.1) is 10.8 Å². The smallest absolute Gasteiger partial charge is 0.191 e. The lowest BCUT2D eigenvalue weighted by Crippen LogP contribution is -2.47. The Morgan fingerprint density at radius 2 is 0.906 bits per heavy atom. The first-order valence-corrected chi connectivity index (χ1v) is 12.4. The summed E-state index contributed by atoms with van der Waals surface area (Å²) in [6.45, 7) is 15.0. The van der Waals surface area contributed by atoms with Crippen molar-refractivity contribution in [3.05, 3.63) is 0 Å². The molecule has 190 valence electrons. The maximum absolute atomic E-state index is 4.59. The largest absolute Gasteiger partial charge is 0.356 e. The number of rotatable bonds is 13. The molecule has 0 atom stereocenters. The molecule has 0 aromatic carbocycles. The van der Waals surface area contributed by atoms with Crippen molar-refractivity contribution in [3.8, 4) is 0 Å². The molecule has 0 aromatic rings. The van der Waals surface area contributed by atoms with E-state index in [0.717, 1.165) is 51.2 Å². The van der Waals surface area contributed by atoms with Crippen LogP contribution >= 0.6 is 24.8 Å². The molecule has 0 fully saturated rings. The van der Waals surface area contributed by atoms with E-state index in [4.69, 9.17) is 0 Å². The summed E-state index contributed by atoms with van der Waals surface area (Å²) in [4.78, 5) is 9.17. The van der Waals surface area contributed by atoms with Gasteiger partial charge in [-0.15, -0.1) is 24.8 Å². The van der Waals surface area contributed by atoms with E-state index >= 15 is 0 Å². The minimum Gasteiger partial charge on any atom is -0.356 e. The first-order chi connectivity index (χ1) is 14.4. The molecule has 0 amide bonds. The molecule has 2 heterocycles. The molecule has 0 radical (unpaired) electrons. The number of nitrogens with zero attached hydrogens (tertiary/aromatic N) is 2. The van der Waals surface area contributed by atoms with E-state index in [9.17, 15) is 0 Å². The van der Waals surface area contributed by atoms with Crippen LogP contribution in [0.5, 0.6) is 0 Å². The lowest BCUT2D eigenvalue weighted by molar-refractivity contribution is 0.358. The zero-order chi connectivity index (χ0) is 21.7. The highest BCUT2D eigenvalue weighted by atomic mass is 35.5. The van der Waals surface area contributed by atoms with Crippen LogP contribution in [-0.2, 0) is 0 Å². The Balaban J connectivity index is 0.00000480. The number of hydrogen-bond donors (Lipinski definition) is 4. The number of hydrogen-bond acceptors (Lipinski definition) is 6. The summed E-state index contributed by atoms with van der Waals surface area (Å²) < 4.78 is 0. The average molecular weight is 494 g/mol. The Morgan fingerprint density at radius 1 is 0.594 bits per heavy atom. The summed E-state index contributed by atoms with van der Waals surface area (Å²) in [5, 5.41) is 13.7. The van der Waals surface area contributed by atoms with Crippen LogP contribution in [0.1, 0.15) is 91.9 Å². The molecule has 0 bridgehead atoms. The van der Waals surface area contributed by atoms with E-state index in [-0.39, 0.29) is 24.8 Å². The quantitative estimate of drug-likeness (QED) is 0.276. The third-order valence-corrected chi connectivity index (χ3v) is 5.99. The molecule has 6 nitrogen and oxygen atoms in total. The summed E-state index contributed by atoms with van der Waals surface area (Å²) in [5.41, 5.74) is 0.586. The fourth-order valence-corrected chi connectivity index (χ4v) is 3.77. The number of guanidine groups is 2. The van der Waals surface area contributed by atoms with Crippen molar-refractivity contribution < 1.29 is 0 Å². The summed E-state index contributed by atoms with van der Waals surface area (Å²) in [7, 11) is 0. The summed E-state index contributed by atoms with van der Waals surface area (Å²) in [6, 6.07) is 0. The number of unbranched alkanes of at least 4 members (excludes halogenated alkanes) is 9. The normalized spacial score (nSPS) is 18.6. The van der Waals surface area contributed by atoms with Crippen LogP contribution in [0.2, 0.25) is 0 Å². The third-order valence-electron chi connectivity index (χ3n) is 5.99. The Morgan fingerprint density at radius 3 is 1.19 bits per heavy atom. The van der Waals surface area contributed by atoms with Gasteiger partial charge in [0.1, 0.15) is 0 Å². The number of aliphatic imine (C=N–C) groups is 2. The predicted octanol–water partition coefficient (Wildman–Crippen LogP) is 4.88. The van der Waals surface area contributed by atoms with Crippen molar-refractivity contribution >= 4 is 36.7 Å². The van der Waals surface area contributed by atoms with Crippen molar-refractivity contribution in [2.45, 2.75) is 91.9 Å². The van der Waals surface area contributed by atoms with Gasteiger partial charge in [0.25, 0.3) is 0 Å². The molecule has 2 aliphatic heterocycles. The molecule has 2 aliphatic rings. The molecule has 2 rings (SSSR count). The fourth-order valence-electron chi connectivity index (χ4n) is 3.77. The van der Waals surface area contributed by atoms with E-state index in [2.05, 4.69) is 58.9 Å². The van der Waals surface area contributed by atoms with E-state index < -0.39 is 0 Å². The van der Waals surface area contributed by atoms with Crippen LogP contribution in [-0.4, -0.2) is 51.2 Å². The van der Waals surface area contributed by atoms with Gasteiger partial charge >= 0.3 is 0 Å². The van der Waals surface area contributed by atoms with Gasteiger partial charge in [-0.05, 0) is 12.8 Å². The van der Waals surface area contributed by atoms with Crippen LogP contribution in [0.15, 0.2) is 9.98 Å². The maximum Gasteiger partial charge on any atom is 0.191 e. The maximum atomic E-state index is 4.59. The van der Waals surface area contributed by atoms with Gasteiger partial charge in [0, 0.05) is 50.1 Å². The molecule has 0 unspecified atom stereocenters. The molecule has 32 heavy (non-hydrogen) atoms. The Bertz CT molecular complexity index is 501. The van der Waals surface area contributed by atoms with Gasteiger partial charge in [-0.3, -0.25) is 9.98 Å². The molecular formula is C24H50Cl2N6. The van der Waals surface area contributed by atoms with Crippen molar-refractivity contribution in [1.29, 1.82) is 0 Å². The molecule has 0 saturated carbocycles. The van der Waals surface area contributed by atoms with Crippen LogP contribution in [0.3, 0.4) is 0 Å². The van der Waals surface area contributed by atoms with Gasteiger partial charge in [-0.2, -0.15) is 0 Å². The third kappa shape index (κ3) is 14.3. The number of nitrogens with one attached hydrogen (secondary N) is 4. The minimum atomic E-state index is 0. The highest BCUT2D eigenvalue weighted by Crippen LogP contribution is 2.17. The molecule has 0 aromatic heterocycles. The second-order valence-electron chi connectivity index (χ2n) is 10.8. The summed E-state index contributed by atoms with van der Waals surface area (Å²) in [5.74, 6) is 1.99. The second kappa shape index (κ2) is 16.7. The van der Waals surface area contributed by atoms with E-state index in [1.54, 1.807) is 0 Å². The summed E-state index contributed by atoms with van der Waals surface area (Å²) in [6.07, 6.45) is 13.4. The van der Waals surface area contributed by atoms with Crippen LogP contribution in [0.25, 0.3) is 0 Å². The van der Waals surface area contributed by atoms with Gasteiger partial charge in [0.15, 0.2) is 11.9 Å². The van der Waals surface area contributed by atoms with Crippen LogP contribution in [0.4, 0.5) is 0 Å². The van der Waals surface area contributed by atoms with E-state index in [1.807, 2.05) is 0 Å². The zero-order valence-electron chi connectivity index (χ0n) is 21.0. The lowest BCUT2D eigenvalue weighted by atomic mass is 9.93. The molecule has 4 N–H and O–H groups in total. The topological polar surface area (TPSA) is 72.8 Å². The monoisotopic (exact) mass is 492 g/mol. The molecule has 0 spiro atoms. The minimum absolute atomic E-state index is 0. The fraction of sp³-hybridized carbons (Fsp3) is 0.917. The van der Waals surface area contributed by atoms with Crippen LogP contribution < -0.4 is 21.3 Å². The SMILES string of the molecule is CC1(C)CN=C(NCCCCCCCCCCCCNC2=NCC(C)(C)CN2)NC1.Cl.Cl. The Labute approximate surface area is 209 Å². The van der Waals surface area contributed by atoms with Crippen molar-refractivity contribution in [2.24, 2.45) is 20.8 Å². The predicted molar refractivity (Wildman–Crippen MR) is 145 cm³/mol. The molecular weight excluding hydrogens is 443 g/mol. The first-order valence-electron chi connectivity index (χ1n) is 12.4. The van der Waals surface area contributed by atoms with Crippen molar-refractivity contribution in [2.75, 3.05) is 39.3 Å². The lowest BCUT2D eigenvalue weighted by Gasteiger charge is -2.29. The first kappa shape index (κ1) is 31.1. The highest BCUT2D eigenvalue weighted by Gasteiger charge is 2.22. The van der Waals surface area contributed by atoms with Gasteiger partial charge in [-0.1, -0.05) is 79.1 Å². The van der Waals surface area contributed by atoms with Crippen molar-refractivity contribution in [1.82, 2.24) is 21.3 Å². The molecule has 0 saturated heterocycles. The summed E-state index contributed by atoms with van der Waals surface area (Å²) >= 11 is 0. The van der Waals surface area contributed by atoms with Crippen molar-refractivity contribution in [3.63, 3.8) is 0 Å². The second-order valence-corrected chi connectivity index (χ2v) is 10.8. The Kier molecular flexibility index (Phi) is 16.2. The standard InChI is InChI=1S/C24H48N6.2ClH/c1-23(2)17-27-21(28-18-23)25-15-13-11-9-7-5-6-8-10-12-14-16-26-22-29-19-24(3,4)20-30-22;;/h5-20H2,1-4H3,(H2,25,27,28)(H2,26,29,30);2*1H. The van der Waals surface area contributed by atoms with Gasteiger partial charge in [0.05, 0.1) is 0 Å². The average Bonchev–Trinajstić information content (AvgIpc) is 2.70. The highest BCUT2D eigenvalue weighted by molar-refractivity contribution is 5.85.